The van der Waals surface area contributed by atoms with Crippen molar-refractivity contribution in [1.29, 1.82) is 0 Å². The van der Waals surface area contributed by atoms with E-state index in [1.165, 1.54) is 7.11 Å². The van der Waals surface area contributed by atoms with Gasteiger partial charge in [0.2, 0.25) is 0 Å². The van der Waals surface area contributed by atoms with E-state index in [4.69, 9.17) is 0 Å². The van der Waals surface area contributed by atoms with Gasteiger partial charge in [0.25, 0.3) is 0 Å². The van der Waals surface area contributed by atoms with Crippen LogP contribution in [-0.2, 0) is 4.74 Å². The van der Waals surface area contributed by atoms with Gasteiger partial charge in [-0.3, -0.25) is 0 Å². The van der Waals surface area contributed by atoms with Crippen LogP contribution in [0.5, 0.6) is 0 Å². The molecule has 1 aromatic rings. The van der Waals surface area contributed by atoms with Gasteiger partial charge in [0, 0.05) is 7.05 Å². The summed E-state index contributed by atoms with van der Waals surface area (Å²) in [4.78, 5) is 16.8. The van der Waals surface area contributed by atoms with Crippen LogP contribution in [0.25, 0.3) is 0 Å². The zero-order valence-electron chi connectivity index (χ0n) is 11.4. The average Bonchev–Trinajstić information content (AvgIpc) is 2.41. The summed E-state index contributed by atoms with van der Waals surface area (Å²) in [6, 6.07) is 5.39. The monoisotopic (exact) mass is 266 g/mol. The van der Waals surface area contributed by atoms with Crippen LogP contribution in [-0.4, -0.2) is 30.3 Å². The largest absolute Gasteiger partial charge is 0.465 e. The second-order valence-corrected chi connectivity index (χ2v) is 4.59. The van der Waals surface area contributed by atoms with Gasteiger partial charge in [-0.05, 0) is 37.1 Å². The van der Waals surface area contributed by atoms with Crippen molar-refractivity contribution < 1.29 is 9.53 Å². The van der Waals surface area contributed by atoms with Gasteiger partial charge in [-0.1, -0.05) is 13.8 Å². The molecule has 1 aromatic carbocycles. The Morgan fingerprint density at radius 3 is 2.67 bits per heavy atom. The van der Waals surface area contributed by atoms with Gasteiger partial charge in [0.1, 0.15) is 5.84 Å². The van der Waals surface area contributed by atoms with Crippen molar-refractivity contribution in [1.82, 2.24) is 4.31 Å². The Morgan fingerprint density at radius 1 is 1.39 bits per heavy atom. The van der Waals surface area contributed by atoms with E-state index in [0.717, 1.165) is 16.4 Å². The van der Waals surface area contributed by atoms with Gasteiger partial charge in [-0.25, -0.2) is 9.79 Å². The van der Waals surface area contributed by atoms with Crippen LogP contribution < -0.4 is 0 Å². The molecule has 0 saturated heterocycles. The van der Waals surface area contributed by atoms with Gasteiger partial charge in [0.15, 0.2) is 0 Å². The van der Waals surface area contributed by atoms with Crippen LogP contribution in [0.4, 0.5) is 5.69 Å². The van der Waals surface area contributed by atoms with Gasteiger partial charge in [-0.2, -0.15) is 0 Å². The van der Waals surface area contributed by atoms with E-state index in [9.17, 15) is 4.79 Å². The normalized spacial score (nSPS) is 12.9. The summed E-state index contributed by atoms with van der Waals surface area (Å²) in [5.74, 6) is 0.582. The summed E-state index contributed by atoms with van der Waals surface area (Å²) >= 11 is 1.60. The molecule has 0 atom stereocenters. The van der Waals surface area contributed by atoms with Crippen molar-refractivity contribution in [3.8, 4) is 0 Å². The molecule has 1 aliphatic rings. The molecule has 0 bridgehead atoms. The third kappa shape index (κ3) is 3.04. The molecule has 0 fully saturated rings. The molecule has 0 aromatic heterocycles. The molecule has 1 aliphatic heterocycles. The number of carbonyl (C=O) groups is 1. The fourth-order valence-corrected chi connectivity index (χ4v) is 2.18. The standard InChI is InChI=1S/C11H12N2O2S.C2H6/c1-7-12-9-6-8(11(14)15-3)4-5-10(9)16-13(7)2;1-2/h4-6H,1-3H3;1-2H3. The summed E-state index contributed by atoms with van der Waals surface area (Å²) in [5.41, 5.74) is 1.35. The van der Waals surface area contributed by atoms with E-state index in [-0.39, 0.29) is 5.97 Å². The lowest BCUT2D eigenvalue weighted by Crippen LogP contribution is -2.18. The molecule has 0 aliphatic carbocycles. The minimum absolute atomic E-state index is 0.334. The fraction of sp³-hybridized carbons (Fsp3) is 0.385. The summed E-state index contributed by atoms with van der Waals surface area (Å²) in [5, 5.41) is 0. The van der Waals surface area contributed by atoms with Crippen molar-refractivity contribution in [3.05, 3.63) is 23.8 Å². The molecule has 18 heavy (non-hydrogen) atoms. The van der Waals surface area contributed by atoms with Gasteiger partial charge in [0.05, 0.1) is 23.3 Å². The Kier molecular flexibility index (Phi) is 5.22. The maximum atomic E-state index is 11.4. The Labute approximate surface area is 112 Å². The molecule has 0 N–H and O–H groups in total. The summed E-state index contributed by atoms with van der Waals surface area (Å²) in [7, 11) is 3.33. The first-order chi connectivity index (χ1) is 8.61. The van der Waals surface area contributed by atoms with Gasteiger partial charge >= 0.3 is 5.97 Å². The maximum absolute atomic E-state index is 11.4. The summed E-state index contributed by atoms with van der Waals surface area (Å²) in [6.45, 7) is 5.93. The van der Waals surface area contributed by atoms with Crippen LogP contribution in [0.15, 0.2) is 28.1 Å². The number of aliphatic imine (C=N–C) groups is 1. The zero-order chi connectivity index (χ0) is 13.7. The molecular weight excluding hydrogens is 248 g/mol. The molecule has 98 valence electrons. The van der Waals surface area contributed by atoms with Crippen molar-refractivity contribution >= 4 is 29.4 Å². The molecule has 2 rings (SSSR count). The SMILES string of the molecule is CC.COC(=O)c1ccc2c(c1)N=C(C)N(C)S2. The Hall–Kier alpha value is -1.49. The minimum atomic E-state index is -0.334. The van der Waals surface area contributed by atoms with Crippen molar-refractivity contribution in [2.75, 3.05) is 14.2 Å². The second-order valence-electron chi connectivity index (χ2n) is 3.42. The molecule has 0 saturated carbocycles. The molecule has 0 amide bonds. The highest BCUT2D eigenvalue weighted by molar-refractivity contribution is 7.97. The van der Waals surface area contributed by atoms with E-state index in [2.05, 4.69) is 9.73 Å². The molecule has 1 heterocycles. The third-order valence-electron chi connectivity index (χ3n) is 2.35. The van der Waals surface area contributed by atoms with Crippen LogP contribution in [0.3, 0.4) is 0 Å². The number of rotatable bonds is 1. The number of esters is 1. The maximum Gasteiger partial charge on any atom is 0.337 e. The number of hydrogen-bond acceptors (Lipinski definition) is 5. The Morgan fingerprint density at radius 2 is 2.06 bits per heavy atom. The molecule has 0 spiro atoms. The van der Waals surface area contributed by atoms with Gasteiger partial charge < -0.3 is 9.04 Å². The first kappa shape index (κ1) is 14.6. The molecule has 0 unspecified atom stereocenters. The number of ether oxygens (including phenoxy) is 1. The Bertz CT molecular complexity index is 472. The predicted molar refractivity (Wildman–Crippen MR) is 75.5 cm³/mol. The fourth-order valence-electron chi connectivity index (χ4n) is 1.39. The number of carbonyl (C=O) groups excluding carboxylic acids is 1. The van der Waals surface area contributed by atoms with E-state index < -0.39 is 0 Å². The smallest absolute Gasteiger partial charge is 0.337 e. The molecule has 4 nitrogen and oxygen atoms in total. The van der Waals surface area contributed by atoms with Crippen LogP contribution in [0, 0.1) is 0 Å². The summed E-state index contributed by atoms with van der Waals surface area (Å²) in [6.07, 6.45) is 0. The lowest BCUT2D eigenvalue weighted by atomic mass is 10.2. The number of methoxy groups -OCH3 is 1. The molecule has 5 heteroatoms. The zero-order valence-corrected chi connectivity index (χ0v) is 12.2. The van der Waals surface area contributed by atoms with E-state index in [0.29, 0.717) is 5.56 Å². The highest BCUT2D eigenvalue weighted by atomic mass is 32.2. The number of nitrogens with zero attached hydrogens (tertiary/aromatic N) is 2. The Balaban J connectivity index is 0.000000771. The second kappa shape index (κ2) is 6.44. The van der Waals surface area contributed by atoms with Crippen molar-refractivity contribution in [2.24, 2.45) is 4.99 Å². The van der Waals surface area contributed by atoms with E-state index in [1.807, 2.05) is 38.2 Å². The predicted octanol–water partition coefficient (Wildman–Crippen LogP) is 3.50. The lowest BCUT2D eigenvalue weighted by Gasteiger charge is -2.23. The van der Waals surface area contributed by atoms with Crippen molar-refractivity contribution in [3.63, 3.8) is 0 Å². The number of hydrogen-bond donors (Lipinski definition) is 0. The average molecular weight is 266 g/mol. The number of amidine groups is 1. The number of benzene rings is 1. The molecule has 0 radical (unpaired) electrons. The highest BCUT2D eigenvalue weighted by Gasteiger charge is 2.16. The third-order valence-corrected chi connectivity index (χ3v) is 3.43. The van der Waals surface area contributed by atoms with Gasteiger partial charge in [-0.15, -0.1) is 0 Å². The first-order valence-corrected chi connectivity index (χ1v) is 6.58. The lowest BCUT2D eigenvalue weighted by molar-refractivity contribution is 0.0600. The highest BCUT2D eigenvalue weighted by Crippen LogP contribution is 2.36. The van der Waals surface area contributed by atoms with Crippen LogP contribution in [0.1, 0.15) is 31.1 Å². The van der Waals surface area contributed by atoms with E-state index in [1.54, 1.807) is 24.1 Å². The van der Waals surface area contributed by atoms with E-state index >= 15 is 0 Å². The quantitative estimate of drug-likeness (QED) is 0.576. The topological polar surface area (TPSA) is 41.9 Å². The van der Waals surface area contributed by atoms with Crippen LogP contribution in [0.2, 0.25) is 0 Å². The first-order valence-electron chi connectivity index (χ1n) is 5.81. The van der Waals surface area contributed by atoms with Crippen LogP contribution >= 0.6 is 11.9 Å². The minimum Gasteiger partial charge on any atom is -0.465 e. The molecular formula is C13H18N2O2S. The van der Waals surface area contributed by atoms with Crippen molar-refractivity contribution in [2.45, 2.75) is 25.7 Å². The summed E-state index contributed by atoms with van der Waals surface area (Å²) < 4.78 is 6.66. The number of fused-ring (bicyclic) bond motifs is 1.